The van der Waals surface area contributed by atoms with Crippen molar-refractivity contribution in [2.24, 2.45) is 0 Å². The van der Waals surface area contributed by atoms with Crippen molar-refractivity contribution in [2.45, 2.75) is 12.8 Å². The second-order valence-corrected chi connectivity index (χ2v) is 8.92. The molecule has 0 bridgehead atoms. The summed E-state index contributed by atoms with van der Waals surface area (Å²) in [6, 6.07) is 21.5. The van der Waals surface area contributed by atoms with E-state index in [0.717, 1.165) is 29.0 Å². The van der Waals surface area contributed by atoms with Gasteiger partial charge in [0.2, 0.25) is 19.5 Å². The third-order valence-corrected chi connectivity index (χ3v) is 5.83. The molecule has 0 radical (unpaired) electrons. The van der Waals surface area contributed by atoms with Gasteiger partial charge in [-0.2, -0.15) is 9.97 Å². The Labute approximate surface area is 253 Å². The Morgan fingerprint density at radius 3 is 1.52 bits per heavy atom. The molecule has 4 rings (SSSR count). The van der Waals surface area contributed by atoms with Crippen LogP contribution in [0.4, 0.5) is 11.6 Å². The van der Waals surface area contributed by atoms with E-state index < -0.39 is 18.7 Å². The number of rotatable bonds is 16. The number of carbonyl (C=O) groups excluding carboxylic acids is 2. The van der Waals surface area contributed by atoms with Crippen LogP contribution in [-0.4, -0.2) is 52.4 Å². The number of aliphatic hydroxyl groups excluding tert-OH is 1. The summed E-state index contributed by atoms with van der Waals surface area (Å²) < 4.78 is 25.6. The van der Waals surface area contributed by atoms with Gasteiger partial charge in [-0.25, -0.2) is 14.6 Å². The van der Waals surface area contributed by atoms with Gasteiger partial charge in [-0.05, 0) is 59.7 Å². The monoisotopic (exact) mass is 598 g/mol. The second-order valence-electron chi connectivity index (χ2n) is 8.92. The van der Waals surface area contributed by atoms with Crippen molar-refractivity contribution < 1.29 is 38.4 Å². The summed E-state index contributed by atoms with van der Waals surface area (Å²) in [4.78, 5) is 36.3. The molecule has 0 spiro atoms. The van der Waals surface area contributed by atoms with E-state index in [1.54, 1.807) is 48.5 Å². The lowest BCUT2D eigenvalue weighted by atomic mass is 10.1. The Morgan fingerprint density at radius 2 is 1.09 bits per heavy atom. The van der Waals surface area contributed by atoms with Gasteiger partial charge in [0.1, 0.15) is 28.9 Å². The van der Waals surface area contributed by atoms with Gasteiger partial charge in [-0.3, -0.25) is 0 Å². The van der Waals surface area contributed by atoms with Gasteiger partial charge >= 0.3 is 11.9 Å². The summed E-state index contributed by atoms with van der Waals surface area (Å²) >= 11 is 0. The van der Waals surface area contributed by atoms with Crippen molar-refractivity contribution in [2.75, 3.05) is 25.7 Å². The summed E-state index contributed by atoms with van der Waals surface area (Å²) in [5, 5.41) is 12.2. The zero-order valence-electron chi connectivity index (χ0n) is 23.7. The summed E-state index contributed by atoms with van der Waals surface area (Å²) in [5.74, 6) is 1.88. The summed E-state index contributed by atoms with van der Waals surface area (Å²) in [5.41, 5.74) is 2.57. The topological polar surface area (TPSA) is 151 Å². The summed E-state index contributed by atoms with van der Waals surface area (Å²) in [6.07, 6.45) is 2.95. The number of benzene rings is 3. The van der Waals surface area contributed by atoms with E-state index in [1.165, 1.54) is 0 Å². The SMILES string of the molecule is C=CC(=O)OCOc1ccc(Cc2nc(Cc3ccc(OCOC(=O)C=C)cc3)nc(Nc3ccc(OCO)cc3)n2)cc1. The van der Waals surface area contributed by atoms with Crippen LogP contribution in [0.25, 0.3) is 0 Å². The molecule has 3 aromatic carbocycles. The van der Waals surface area contributed by atoms with Crippen LogP contribution < -0.4 is 19.5 Å². The van der Waals surface area contributed by atoms with E-state index in [0.29, 0.717) is 47.7 Å². The number of hydrogen-bond donors (Lipinski definition) is 2. The highest BCUT2D eigenvalue weighted by atomic mass is 16.7. The molecule has 2 N–H and O–H groups in total. The Bertz CT molecular complexity index is 1470. The molecule has 0 aliphatic heterocycles. The number of carbonyl (C=O) groups is 2. The number of hydrogen-bond acceptors (Lipinski definition) is 12. The molecule has 12 nitrogen and oxygen atoms in total. The molecule has 0 unspecified atom stereocenters. The molecule has 4 aromatic rings. The molecule has 0 saturated carbocycles. The second kappa shape index (κ2) is 16.0. The maximum atomic E-state index is 11.2. The van der Waals surface area contributed by atoms with Crippen LogP contribution >= 0.6 is 0 Å². The van der Waals surface area contributed by atoms with E-state index in [9.17, 15) is 9.59 Å². The van der Waals surface area contributed by atoms with E-state index >= 15 is 0 Å². The van der Waals surface area contributed by atoms with Gasteiger partial charge in [0, 0.05) is 30.7 Å². The minimum atomic E-state index is -0.568. The largest absolute Gasteiger partial charge is 0.468 e. The molecule has 0 aliphatic rings. The molecular formula is C32H30N4O8. The number of aromatic nitrogens is 3. The van der Waals surface area contributed by atoms with Crippen LogP contribution in [0.3, 0.4) is 0 Å². The van der Waals surface area contributed by atoms with Gasteiger partial charge in [-0.1, -0.05) is 37.4 Å². The smallest absolute Gasteiger partial charge is 0.333 e. The van der Waals surface area contributed by atoms with Crippen LogP contribution in [0.1, 0.15) is 22.8 Å². The van der Waals surface area contributed by atoms with Gasteiger partial charge in [0.15, 0.2) is 6.79 Å². The highest BCUT2D eigenvalue weighted by Crippen LogP contribution is 2.21. The van der Waals surface area contributed by atoms with E-state index in [2.05, 4.69) is 28.4 Å². The number of nitrogens with one attached hydrogen (secondary N) is 1. The molecule has 1 heterocycles. The van der Waals surface area contributed by atoms with Crippen molar-refractivity contribution in [3.05, 3.63) is 121 Å². The Hall–Kier alpha value is -5.75. The third-order valence-electron chi connectivity index (χ3n) is 5.83. The van der Waals surface area contributed by atoms with E-state index in [4.69, 9.17) is 33.8 Å². The zero-order valence-corrected chi connectivity index (χ0v) is 23.7. The lowest BCUT2D eigenvalue weighted by molar-refractivity contribution is -0.145. The first-order valence-corrected chi connectivity index (χ1v) is 13.3. The normalized spacial score (nSPS) is 10.3. The van der Waals surface area contributed by atoms with Crippen molar-refractivity contribution >= 4 is 23.6 Å². The summed E-state index contributed by atoms with van der Waals surface area (Å²) in [6.45, 7) is 5.82. The van der Waals surface area contributed by atoms with Gasteiger partial charge in [0.05, 0.1) is 0 Å². The molecule has 226 valence electrons. The Balaban J connectivity index is 1.48. The molecule has 12 heteroatoms. The maximum absolute atomic E-state index is 11.2. The van der Waals surface area contributed by atoms with Crippen LogP contribution in [0.2, 0.25) is 0 Å². The average molecular weight is 599 g/mol. The van der Waals surface area contributed by atoms with E-state index in [-0.39, 0.29) is 13.6 Å². The molecule has 1 aromatic heterocycles. The zero-order chi connectivity index (χ0) is 31.1. The number of anilines is 2. The first-order valence-electron chi connectivity index (χ1n) is 13.3. The number of aliphatic hydroxyl groups is 1. The third kappa shape index (κ3) is 9.96. The first kappa shape index (κ1) is 31.2. The number of ether oxygens (including phenoxy) is 5. The average Bonchev–Trinajstić information content (AvgIpc) is 3.03. The van der Waals surface area contributed by atoms with Gasteiger partial charge in [0.25, 0.3) is 0 Å². The lowest BCUT2D eigenvalue weighted by Gasteiger charge is -2.11. The van der Waals surface area contributed by atoms with Crippen LogP contribution in [0, 0.1) is 0 Å². The molecule has 0 saturated heterocycles. The fourth-order valence-electron chi connectivity index (χ4n) is 3.72. The van der Waals surface area contributed by atoms with Crippen molar-refractivity contribution in [3.63, 3.8) is 0 Å². The Kier molecular flexibility index (Phi) is 11.4. The predicted molar refractivity (Wildman–Crippen MR) is 159 cm³/mol. The van der Waals surface area contributed by atoms with Crippen LogP contribution in [0.5, 0.6) is 17.2 Å². The van der Waals surface area contributed by atoms with Gasteiger partial charge < -0.3 is 34.1 Å². The molecular weight excluding hydrogens is 568 g/mol. The molecule has 0 fully saturated rings. The van der Waals surface area contributed by atoms with E-state index in [1.807, 2.05) is 24.3 Å². The van der Waals surface area contributed by atoms with Crippen molar-refractivity contribution in [1.29, 1.82) is 0 Å². The fourth-order valence-corrected chi connectivity index (χ4v) is 3.72. The van der Waals surface area contributed by atoms with Gasteiger partial charge in [-0.15, -0.1) is 0 Å². The number of nitrogens with zero attached hydrogens (tertiary/aromatic N) is 3. The highest BCUT2D eigenvalue weighted by Gasteiger charge is 2.11. The predicted octanol–water partition coefficient (Wildman–Crippen LogP) is 4.26. The van der Waals surface area contributed by atoms with Crippen molar-refractivity contribution in [3.8, 4) is 17.2 Å². The first-order chi connectivity index (χ1) is 21.4. The molecule has 0 aliphatic carbocycles. The highest BCUT2D eigenvalue weighted by molar-refractivity contribution is 5.81. The molecule has 0 atom stereocenters. The summed E-state index contributed by atoms with van der Waals surface area (Å²) in [7, 11) is 0. The van der Waals surface area contributed by atoms with Crippen LogP contribution in [0.15, 0.2) is 98.1 Å². The van der Waals surface area contributed by atoms with Crippen LogP contribution in [-0.2, 0) is 31.9 Å². The maximum Gasteiger partial charge on any atom is 0.333 e. The number of esters is 2. The quantitative estimate of drug-likeness (QED) is 0.108. The fraction of sp³-hybridized carbons (Fsp3) is 0.156. The Morgan fingerprint density at radius 1 is 0.659 bits per heavy atom. The minimum absolute atomic E-state index is 0.223. The lowest BCUT2D eigenvalue weighted by Crippen LogP contribution is -2.09. The molecule has 44 heavy (non-hydrogen) atoms. The minimum Gasteiger partial charge on any atom is -0.468 e. The molecule has 0 amide bonds. The standard InChI is InChI=1S/C32H30N4O8/c1-3-30(38)43-20-41-26-11-5-22(6-12-26)17-28-34-29(18-23-7-13-27(14-8-23)42-21-44-31(39)4-2)36-32(35-28)33-24-9-15-25(16-10-24)40-19-37/h3-16,37H,1-2,17-21H2,(H,33,34,35,36). The van der Waals surface area contributed by atoms with Crippen molar-refractivity contribution in [1.82, 2.24) is 15.0 Å².